The summed E-state index contributed by atoms with van der Waals surface area (Å²) in [7, 11) is 0. The van der Waals surface area contributed by atoms with E-state index in [1.165, 1.54) is 64.9 Å². The summed E-state index contributed by atoms with van der Waals surface area (Å²) in [6.45, 7) is 0. The summed E-state index contributed by atoms with van der Waals surface area (Å²) >= 11 is 1.76. The van der Waals surface area contributed by atoms with E-state index in [1.54, 1.807) is 11.3 Å². The van der Waals surface area contributed by atoms with Gasteiger partial charge in [0.15, 0.2) is 11.6 Å². The molecule has 0 radical (unpaired) electrons. The maximum Gasteiger partial charge on any atom is 0.162 e. The highest BCUT2D eigenvalue weighted by molar-refractivity contribution is 7.22. The fraction of sp³-hybridized carbons (Fsp3) is 0. The molecule has 4 nitrogen and oxygen atoms in total. The van der Waals surface area contributed by atoms with Crippen molar-refractivity contribution in [2.45, 2.75) is 0 Å². The standard InChI is InChI=1S/C52H32N4S/c1-4-16-34(17-5-1)47-32-44-50(57-47)52(54-51(53-44)35-18-6-2-7-19-35)56-46-30-28-36(31-43(46)42-29-27-33-15-10-11-22-38(33)49(42)56)39-24-14-25-41-40-23-12-13-26-45(40)55(48(39)41)37-20-8-3-9-21-37/h1-32H. The van der Waals surface area contributed by atoms with Gasteiger partial charge in [-0.25, -0.2) is 9.97 Å². The molecular formula is C52H32N4S. The van der Waals surface area contributed by atoms with Gasteiger partial charge in [-0.1, -0.05) is 158 Å². The van der Waals surface area contributed by atoms with Crippen molar-refractivity contribution in [3.63, 3.8) is 0 Å². The minimum atomic E-state index is 0.711. The van der Waals surface area contributed by atoms with Crippen LogP contribution in [0, 0.1) is 0 Å². The molecule has 0 aliphatic heterocycles. The van der Waals surface area contributed by atoms with Gasteiger partial charge in [0, 0.05) is 48.6 Å². The Labute approximate surface area is 332 Å². The lowest BCUT2D eigenvalue weighted by molar-refractivity contribution is 1.08. The van der Waals surface area contributed by atoms with Gasteiger partial charge in [-0.05, 0) is 52.9 Å². The average molecular weight is 745 g/mol. The monoisotopic (exact) mass is 744 g/mol. The third kappa shape index (κ3) is 4.93. The number of benzene rings is 8. The van der Waals surface area contributed by atoms with Gasteiger partial charge in [0.2, 0.25) is 0 Å². The second kappa shape index (κ2) is 12.6. The molecule has 0 unspecified atom stereocenters. The zero-order valence-electron chi connectivity index (χ0n) is 30.7. The van der Waals surface area contributed by atoms with Gasteiger partial charge in [0.05, 0.1) is 32.3 Å². The van der Waals surface area contributed by atoms with E-state index in [1.807, 2.05) is 6.07 Å². The third-order valence-electron chi connectivity index (χ3n) is 11.3. The van der Waals surface area contributed by atoms with Crippen LogP contribution in [-0.4, -0.2) is 19.1 Å². The molecule has 0 saturated carbocycles. The molecule has 12 rings (SSSR count). The van der Waals surface area contributed by atoms with E-state index in [4.69, 9.17) is 9.97 Å². The summed E-state index contributed by atoms with van der Waals surface area (Å²) in [5.41, 5.74) is 11.3. The Morgan fingerprint density at radius 2 is 1.07 bits per heavy atom. The number of nitrogens with zero attached hydrogens (tertiary/aromatic N) is 4. The van der Waals surface area contributed by atoms with Crippen LogP contribution in [0.5, 0.6) is 0 Å². The predicted molar refractivity (Wildman–Crippen MR) is 240 cm³/mol. The van der Waals surface area contributed by atoms with E-state index < -0.39 is 0 Å². The molecule has 57 heavy (non-hydrogen) atoms. The summed E-state index contributed by atoms with van der Waals surface area (Å²) in [6, 6.07) is 69.6. The molecule has 0 spiro atoms. The number of hydrogen-bond donors (Lipinski definition) is 0. The van der Waals surface area contributed by atoms with Gasteiger partial charge in [-0.2, -0.15) is 0 Å². The summed E-state index contributed by atoms with van der Waals surface area (Å²) < 4.78 is 5.88. The minimum Gasteiger partial charge on any atom is -0.309 e. The Morgan fingerprint density at radius 1 is 0.404 bits per heavy atom. The molecular weight excluding hydrogens is 713 g/mol. The number of fused-ring (bicyclic) bond motifs is 9. The van der Waals surface area contributed by atoms with Crippen LogP contribution in [0.2, 0.25) is 0 Å². The van der Waals surface area contributed by atoms with Gasteiger partial charge in [-0.15, -0.1) is 11.3 Å². The van der Waals surface area contributed by atoms with Crippen LogP contribution in [0.4, 0.5) is 0 Å². The van der Waals surface area contributed by atoms with E-state index >= 15 is 0 Å². The molecule has 4 aromatic heterocycles. The lowest BCUT2D eigenvalue weighted by Crippen LogP contribution is -2.01. The number of thiophene rings is 1. The number of para-hydroxylation sites is 3. The molecule has 0 amide bonds. The molecule has 0 aliphatic rings. The van der Waals surface area contributed by atoms with E-state index in [-0.39, 0.29) is 0 Å². The maximum absolute atomic E-state index is 5.48. The zero-order valence-corrected chi connectivity index (χ0v) is 31.5. The molecule has 8 aromatic carbocycles. The summed E-state index contributed by atoms with van der Waals surface area (Å²) in [5, 5.41) is 7.23. The quantitative estimate of drug-likeness (QED) is 0.176. The van der Waals surface area contributed by atoms with Crippen molar-refractivity contribution in [1.82, 2.24) is 19.1 Å². The van der Waals surface area contributed by atoms with Crippen molar-refractivity contribution in [2.24, 2.45) is 0 Å². The SMILES string of the molecule is c1ccc(-c2nc(-n3c4ccc(-c5cccc6c7ccccc7n(-c7ccccc7)c56)cc4c4ccc5ccccc5c43)c3sc(-c4ccccc4)cc3n2)cc1. The second-order valence-corrected chi connectivity index (χ2v) is 15.6. The van der Waals surface area contributed by atoms with Gasteiger partial charge in [-0.3, -0.25) is 4.57 Å². The Balaban J connectivity index is 1.18. The van der Waals surface area contributed by atoms with Crippen LogP contribution >= 0.6 is 11.3 Å². The van der Waals surface area contributed by atoms with Crippen LogP contribution < -0.4 is 0 Å². The highest BCUT2D eigenvalue weighted by Gasteiger charge is 2.23. The van der Waals surface area contributed by atoms with Gasteiger partial charge < -0.3 is 4.57 Å². The van der Waals surface area contributed by atoms with E-state index in [0.29, 0.717) is 5.82 Å². The molecule has 0 aliphatic carbocycles. The molecule has 0 bridgehead atoms. The Hall–Kier alpha value is -7.34. The second-order valence-electron chi connectivity index (χ2n) is 14.6. The highest BCUT2D eigenvalue weighted by atomic mass is 32.1. The lowest BCUT2D eigenvalue weighted by Gasteiger charge is -2.13. The number of hydrogen-bond acceptors (Lipinski definition) is 3. The summed E-state index contributed by atoms with van der Waals surface area (Å²) in [6.07, 6.45) is 0. The smallest absolute Gasteiger partial charge is 0.162 e. The Kier molecular flexibility index (Phi) is 7.06. The topological polar surface area (TPSA) is 35.6 Å². The van der Waals surface area contributed by atoms with Crippen LogP contribution in [0.1, 0.15) is 0 Å². The molecule has 0 N–H and O–H groups in total. The van der Waals surface area contributed by atoms with Crippen LogP contribution in [-0.2, 0) is 0 Å². The molecule has 4 heterocycles. The van der Waals surface area contributed by atoms with Crippen molar-refractivity contribution in [1.29, 1.82) is 0 Å². The summed E-state index contributed by atoms with van der Waals surface area (Å²) in [4.78, 5) is 11.8. The predicted octanol–water partition coefficient (Wildman–Crippen LogP) is 14.0. The van der Waals surface area contributed by atoms with Crippen molar-refractivity contribution in [3.8, 4) is 44.5 Å². The van der Waals surface area contributed by atoms with Crippen LogP contribution in [0.25, 0.3) is 109 Å². The molecule has 0 fully saturated rings. The third-order valence-corrected chi connectivity index (χ3v) is 12.5. The van der Waals surface area contributed by atoms with E-state index in [2.05, 4.69) is 197 Å². The fourth-order valence-electron chi connectivity index (χ4n) is 8.79. The van der Waals surface area contributed by atoms with Crippen molar-refractivity contribution < 1.29 is 0 Å². The molecule has 12 aromatic rings. The largest absolute Gasteiger partial charge is 0.309 e. The maximum atomic E-state index is 5.48. The van der Waals surface area contributed by atoms with E-state index in [0.717, 1.165) is 38.3 Å². The first-order valence-corrected chi connectivity index (χ1v) is 20.1. The van der Waals surface area contributed by atoms with Crippen LogP contribution in [0.3, 0.4) is 0 Å². The Bertz CT molecular complexity index is 3510. The zero-order chi connectivity index (χ0) is 37.5. The molecule has 5 heteroatoms. The molecule has 266 valence electrons. The first kappa shape index (κ1) is 32.0. The van der Waals surface area contributed by atoms with Crippen molar-refractivity contribution in [2.75, 3.05) is 0 Å². The first-order chi connectivity index (χ1) is 28.3. The first-order valence-electron chi connectivity index (χ1n) is 19.3. The lowest BCUT2D eigenvalue weighted by atomic mass is 9.99. The average Bonchev–Trinajstić information content (AvgIpc) is 3.97. The Morgan fingerprint density at radius 3 is 1.89 bits per heavy atom. The van der Waals surface area contributed by atoms with Crippen LogP contribution in [0.15, 0.2) is 194 Å². The number of rotatable bonds is 5. The molecule has 0 atom stereocenters. The fourth-order valence-corrected chi connectivity index (χ4v) is 9.87. The summed E-state index contributed by atoms with van der Waals surface area (Å²) in [5.74, 6) is 1.60. The van der Waals surface area contributed by atoms with Gasteiger partial charge in [0.1, 0.15) is 0 Å². The van der Waals surface area contributed by atoms with Gasteiger partial charge in [0.25, 0.3) is 0 Å². The van der Waals surface area contributed by atoms with Crippen molar-refractivity contribution in [3.05, 3.63) is 194 Å². The van der Waals surface area contributed by atoms with E-state index in [9.17, 15) is 0 Å². The molecule has 0 saturated heterocycles. The van der Waals surface area contributed by atoms with Gasteiger partial charge >= 0.3 is 0 Å². The normalized spacial score (nSPS) is 11.9. The van der Waals surface area contributed by atoms with Crippen molar-refractivity contribution >= 4 is 75.9 Å². The highest BCUT2D eigenvalue weighted by Crippen LogP contribution is 2.44. The minimum absolute atomic E-state index is 0.711. The number of aromatic nitrogens is 4.